The monoisotopic (exact) mass is 460 g/mol. The number of carbonyl (C=O) groups is 1. The molecule has 0 radical (unpaired) electrons. The molecule has 3 aromatic rings. The number of anilines is 1. The first kappa shape index (κ1) is 21.8. The number of aromatic nitrogens is 2. The lowest BCUT2D eigenvalue weighted by atomic mass is 10.3. The van der Waals surface area contributed by atoms with Crippen LogP contribution in [-0.4, -0.2) is 60.2 Å². The van der Waals surface area contributed by atoms with E-state index in [1.807, 2.05) is 31.2 Å². The number of rotatable bonds is 7. The van der Waals surface area contributed by atoms with Gasteiger partial charge in [0.15, 0.2) is 5.16 Å². The van der Waals surface area contributed by atoms with Gasteiger partial charge in [-0.15, -0.1) is 0 Å². The molecule has 0 saturated carbocycles. The van der Waals surface area contributed by atoms with Gasteiger partial charge in [0.25, 0.3) is 0 Å². The highest BCUT2D eigenvalue weighted by Gasteiger charge is 2.26. The Morgan fingerprint density at radius 1 is 1.13 bits per heavy atom. The molecule has 2 aromatic carbocycles. The number of aryl methyl sites for hydroxylation is 1. The number of sulfonamides is 1. The molecular weight excluding hydrogens is 436 g/mol. The predicted molar refractivity (Wildman–Crippen MR) is 121 cm³/mol. The van der Waals surface area contributed by atoms with Gasteiger partial charge < -0.3 is 14.6 Å². The first-order valence-electron chi connectivity index (χ1n) is 10.0. The van der Waals surface area contributed by atoms with E-state index in [1.165, 1.54) is 28.2 Å². The van der Waals surface area contributed by atoms with E-state index >= 15 is 0 Å². The summed E-state index contributed by atoms with van der Waals surface area (Å²) in [5, 5.41) is 3.61. The van der Waals surface area contributed by atoms with Crippen LogP contribution in [0.3, 0.4) is 0 Å². The molecule has 0 unspecified atom stereocenters. The molecule has 1 aliphatic rings. The van der Waals surface area contributed by atoms with Crippen molar-refractivity contribution in [2.45, 2.75) is 23.5 Å². The smallest absolute Gasteiger partial charge is 0.243 e. The SMILES string of the molecule is CCn1c(SCC(=O)Nc2ccc(S(=O)(=O)N3CCOCC3)cc2)nc2ccccc21. The van der Waals surface area contributed by atoms with Crippen molar-refractivity contribution in [2.24, 2.45) is 0 Å². The number of thioether (sulfide) groups is 1. The van der Waals surface area contributed by atoms with Crippen molar-refractivity contribution in [3.63, 3.8) is 0 Å². The molecule has 4 rings (SSSR count). The van der Waals surface area contributed by atoms with Crippen LogP contribution in [0.1, 0.15) is 6.92 Å². The number of para-hydroxylation sites is 2. The van der Waals surface area contributed by atoms with E-state index in [2.05, 4.69) is 14.9 Å². The van der Waals surface area contributed by atoms with Crippen molar-refractivity contribution in [3.05, 3.63) is 48.5 Å². The average molecular weight is 461 g/mol. The maximum atomic E-state index is 12.7. The highest BCUT2D eigenvalue weighted by atomic mass is 32.2. The van der Waals surface area contributed by atoms with Crippen LogP contribution in [0.4, 0.5) is 5.69 Å². The molecule has 2 heterocycles. The van der Waals surface area contributed by atoms with Gasteiger partial charge in [-0.2, -0.15) is 4.31 Å². The van der Waals surface area contributed by atoms with Crippen LogP contribution in [0.25, 0.3) is 11.0 Å². The summed E-state index contributed by atoms with van der Waals surface area (Å²) < 4.78 is 34.1. The van der Waals surface area contributed by atoms with Crippen LogP contribution in [0.2, 0.25) is 0 Å². The van der Waals surface area contributed by atoms with E-state index in [-0.39, 0.29) is 16.6 Å². The quantitative estimate of drug-likeness (QED) is 0.545. The molecule has 0 spiro atoms. The normalized spacial score (nSPS) is 15.3. The fourth-order valence-corrected chi connectivity index (χ4v) is 5.73. The van der Waals surface area contributed by atoms with E-state index < -0.39 is 10.0 Å². The van der Waals surface area contributed by atoms with Gasteiger partial charge in [0.05, 0.1) is 34.9 Å². The summed E-state index contributed by atoms with van der Waals surface area (Å²) in [6.45, 7) is 4.31. The maximum absolute atomic E-state index is 12.7. The molecular formula is C21H24N4O4S2. The molecule has 8 nitrogen and oxygen atoms in total. The number of benzene rings is 2. The Labute approximate surface area is 185 Å². The molecule has 1 fully saturated rings. The number of morpholine rings is 1. The van der Waals surface area contributed by atoms with Gasteiger partial charge in [0.1, 0.15) is 0 Å². The van der Waals surface area contributed by atoms with Crippen LogP contribution in [-0.2, 0) is 26.1 Å². The Morgan fingerprint density at radius 2 is 1.84 bits per heavy atom. The Morgan fingerprint density at radius 3 is 2.55 bits per heavy atom. The second kappa shape index (κ2) is 9.39. The summed E-state index contributed by atoms with van der Waals surface area (Å²) in [7, 11) is -3.55. The molecule has 1 aromatic heterocycles. The lowest BCUT2D eigenvalue weighted by Crippen LogP contribution is -2.40. The highest BCUT2D eigenvalue weighted by Crippen LogP contribution is 2.24. The molecule has 1 N–H and O–H groups in total. The number of carbonyl (C=O) groups excluding carboxylic acids is 1. The van der Waals surface area contributed by atoms with Gasteiger partial charge in [-0.25, -0.2) is 13.4 Å². The molecule has 0 atom stereocenters. The van der Waals surface area contributed by atoms with Gasteiger partial charge in [-0.3, -0.25) is 4.79 Å². The van der Waals surface area contributed by atoms with Gasteiger partial charge in [-0.05, 0) is 43.3 Å². The summed E-state index contributed by atoms with van der Waals surface area (Å²) in [6.07, 6.45) is 0. The van der Waals surface area contributed by atoms with Crippen LogP contribution in [0.15, 0.2) is 58.6 Å². The molecule has 0 aliphatic carbocycles. The van der Waals surface area contributed by atoms with Gasteiger partial charge in [-0.1, -0.05) is 23.9 Å². The fourth-order valence-electron chi connectivity index (χ4n) is 3.44. The van der Waals surface area contributed by atoms with E-state index in [1.54, 1.807) is 12.1 Å². The minimum atomic E-state index is -3.55. The molecule has 1 aliphatic heterocycles. The average Bonchev–Trinajstić information content (AvgIpc) is 3.16. The summed E-state index contributed by atoms with van der Waals surface area (Å²) in [5.74, 6) is 0.0282. The zero-order valence-corrected chi connectivity index (χ0v) is 18.8. The molecule has 31 heavy (non-hydrogen) atoms. The number of nitrogens with zero attached hydrogens (tertiary/aromatic N) is 3. The van der Waals surface area contributed by atoms with E-state index in [9.17, 15) is 13.2 Å². The van der Waals surface area contributed by atoms with Gasteiger partial charge >= 0.3 is 0 Å². The summed E-state index contributed by atoms with van der Waals surface area (Å²) >= 11 is 1.38. The number of hydrogen-bond acceptors (Lipinski definition) is 6. The number of amides is 1. The fraction of sp³-hybridized carbons (Fsp3) is 0.333. The maximum Gasteiger partial charge on any atom is 0.243 e. The highest BCUT2D eigenvalue weighted by molar-refractivity contribution is 7.99. The molecule has 0 bridgehead atoms. The summed E-state index contributed by atoms with van der Waals surface area (Å²) in [6, 6.07) is 14.1. The summed E-state index contributed by atoms with van der Waals surface area (Å²) in [4.78, 5) is 17.2. The third-order valence-electron chi connectivity index (χ3n) is 5.01. The van der Waals surface area contributed by atoms with Crippen LogP contribution >= 0.6 is 11.8 Å². The second-order valence-corrected chi connectivity index (χ2v) is 9.89. The minimum absolute atomic E-state index is 0.177. The van der Waals surface area contributed by atoms with Crippen molar-refractivity contribution in [2.75, 3.05) is 37.4 Å². The Kier molecular flexibility index (Phi) is 6.61. The first-order chi connectivity index (χ1) is 15.0. The minimum Gasteiger partial charge on any atom is -0.379 e. The van der Waals surface area contributed by atoms with Crippen LogP contribution < -0.4 is 5.32 Å². The molecule has 10 heteroatoms. The Hall–Kier alpha value is -2.40. The number of ether oxygens (including phenoxy) is 1. The first-order valence-corrected chi connectivity index (χ1v) is 12.5. The van der Waals surface area contributed by atoms with Crippen molar-refractivity contribution in [1.82, 2.24) is 13.9 Å². The number of imidazole rings is 1. The standard InChI is InChI=1S/C21H24N4O4S2/c1-2-25-19-6-4-3-5-18(19)23-21(25)30-15-20(26)22-16-7-9-17(10-8-16)31(27,28)24-11-13-29-14-12-24/h3-10H,2,11-15H2,1H3,(H,22,26). The summed E-state index contributed by atoms with van der Waals surface area (Å²) in [5.41, 5.74) is 2.50. The lowest BCUT2D eigenvalue weighted by molar-refractivity contribution is -0.113. The molecule has 1 saturated heterocycles. The van der Waals surface area contributed by atoms with E-state index in [0.29, 0.717) is 32.0 Å². The predicted octanol–water partition coefficient (Wildman–Crippen LogP) is 2.81. The third kappa shape index (κ3) is 4.77. The Bertz CT molecular complexity index is 1170. The molecule has 164 valence electrons. The lowest BCUT2D eigenvalue weighted by Gasteiger charge is -2.26. The van der Waals surface area contributed by atoms with E-state index in [4.69, 9.17) is 4.74 Å². The Balaban J connectivity index is 1.38. The zero-order valence-electron chi connectivity index (χ0n) is 17.2. The second-order valence-electron chi connectivity index (χ2n) is 7.01. The van der Waals surface area contributed by atoms with Crippen molar-refractivity contribution >= 4 is 44.4 Å². The largest absolute Gasteiger partial charge is 0.379 e. The van der Waals surface area contributed by atoms with Gasteiger partial charge in [0.2, 0.25) is 15.9 Å². The number of nitrogens with one attached hydrogen (secondary N) is 1. The number of hydrogen-bond donors (Lipinski definition) is 1. The molecule has 1 amide bonds. The van der Waals surface area contributed by atoms with Crippen molar-refractivity contribution in [1.29, 1.82) is 0 Å². The van der Waals surface area contributed by atoms with Gasteiger partial charge in [0, 0.05) is 25.3 Å². The number of fused-ring (bicyclic) bond motifs is 1. The topological polar surface area (TPSA) is 93.5 Å². The van der Waals surface area contributed by atoms with E-state index in [0.717, 1.165) is 22.7 Å². The van der Waals surface area contributed by atoms with Crippen molar-refractivity contribution in [3.8, 4) is 0 Å². The van der Waals surface area contributed by atoms with Crippen LogP contribution in [0.5, 0.6) is 0 Å². The third-order valence-corrected chi connectivity index (χ3v) is 7.90. The van der Waals surface area contributed by atoms with Crippen LogP contribution in [0, 0.1) is 0 Å². The van der Waals surface area contributed by atoms with Crippen molar-refractivity contribution < 1.29 is 17.9 Å². The zero-order chi connectivity index (χ0) is 21.8.